The van der Waals surface area contributed by atoms with E-state index in [0.29, 0.717) is 5.56 Å². The number of hydrogen-bond donors (Lipinski definition) is 2. The fourth-order valence-electron chi connectivity index (χ4n) is 3.00. The van der Waals surface area contributed by atoms with Gasteiger partial charge in [0, 0.05) is 24.3 Å². The van der Waals surface area contributed by atoms with E-state index < -0.39 is 24.4 Å². The van der Waals surface area contributed by atoms with Crippen LogP contribution in [-0.4, -0.2) is 37.5 Å². The zero-order valence-electron chi connectivity index (χ0n) is 17.7. The molecule has 30 heavy (non-hydrogen) atoms. The van der Waals surface area contributed by atoms with E-state index in [0.717, 1.165) is 24.3 Å². The van der Waals surface area contributed by atoms with Crippen molar-refractivity contribution in [2.24, 2.45) is 0 Å². The van der Waals surface area contributed by atoms with Crippen molar-refractivity contribution >= 4 is 23.5 Å². The number of hydrogen-bond acceptors (Lipinski definition) is 5. The highest BCUT2D eigenvalue weighted by atomic mass is 16.5. The van der Waals surface area contributed by atoms with Crippen LogP contribution in [0.5, 0.6) is 0 Å². The zero-order valence-corrected chi connectivity index (χ0v) is 17.7. The quantitative estimate of drug-likeness (QED) is 0.489. The molecule has 0 aromatic heterocycles. The standard InChI is InChI=1S/C23H29N3O4/c1-4-26(5-2)20-13-11-19(12-14-20)23(29)25-24-21(27)16-30-22(28)15-17(3)18-9-7-6-8-10-18/h6-14,17H,4-5,15-16H2,1-3H3,(H,24,27)(H,25,29)/t17-/m0/s1. The second-order valence-corrected chi connectivity index (χ2v) is 6.90. The zero-order chi connectivity index (χ0) is 21.9. The number of nitrogens with one attached hydrogen (secondary N) is 2. The molecular weight excluding hydrogens is 382 g/mol. The normalized spacial score (nSPS) is 11.3. The molecule has 0 unspecified atom stereocenters. The van der Waals surface area contributed by atoms with Crippen molar-refractivity contribution in [3.63, 3.8) is 0 Å². The first kappa shape index (κ1) is 22.9. The third-order valence-electron chi connectivity index (χ3n) is 4.78. The van der Waals surface area contributed by atoms with Crippen molar-refractivity contribution in [2.45, 2.75) is 33.1 Å². The summed E-state index contributed by atoms with van der Waals surface area (Å²) in [5.41, 5.74) is 7.05. The summed E-state index contributed by atoms with van der Waals surface area (Å²) in [6, 6.07) is 16.7. The summed E-state index contributed by atoms with van der Waals surface area (Å²) in [6.45, 7) is 7.34. The number of rotatable bonds is 9. The number of amides is 2. The fourth-order valence-corrected chi connectivity index (χ4v) is 3.00. The van der Waals surface area contributed by atoms with Gasteiger partial charge in [0.2, 0.25) is 0 Å². The van der Waals surface area contributed by atoms with Crippen LogP contribution in [0.15, 0.2) is 54.6 Å². The number of ether oxygens (including phenoxy) is 1. The van der Waals surface area contributed by atoms with E-state index in [-0.39, 0.29) is 12.3 Å². The van der Waals surface area contributed by atoms with E-state index >= 15 is 0 Å². The predicted octanol–water partition coefficient (Wildman–Crippen LogP) is 3.03. The van der Waals surface area contributed by atoms with E-state index in [1.165, 1.54) is 0 Å². The molecule has 2 amide bonds. The van der Waals surface area contributed by atoms with Crippen molar-refractivity contribution < 1.29 is 19.1 Å². The molecule has 0 saturated carbocycles. The molecular formula is C23H29N3O4. The molecule has 2 aromatic rings. The SMILES string of the molecule is CCN(CC)c1ccc(C(=O)NNC(=O)COC(=O)C[C@H](C)c2ccccc2)cc1. The first-order valence-electron chi connectivity index (χ1n) is 10.1. The van der Waals surface area contributed by atoms with Gasteiger partial charge in [-0.25, -0.2) is 0 Å². The molecule has 2 rings (SSSR count). The molecule has 2 N–H and O–H groups in total. The maximum absolute atomic E-state index is 12.2. The van der Waals surface area contributed by atoms with Crippen molar-refractivity contribution in [3.05, 3.63) is 65.7 Å². The lowest BCUT2D eigenvalue weighted by Crippen LogP contribution is -2.43. The Kier molecular flexibility index (Phi) is 8.87. The second-order valence-electron chi connectivity index (χ2n) is 6.90. The fraction of sp³-hybridized carbons (Fsp3) is 0.348. The number of carbonyl (C=O) groups excluding carboxylic acids is 3. The van der Waals surface area contributed by atoms with Crippen molar-refractivity contribution in [3.8, 4) is 0 Å². The van der Waals surface area contributed by atoms with Crippen LogP contribution in [-0.2, 0) is 14.3 Å². The van der Waals surface area contributed by atoms with Gasteiger partial charge in [0.15, 0.2) is 6.61 Å². The van der Waals surface area contributed by atoms with Gasteiger partial charge in [0.1, 0.15) is 0 Å². The summed E-state index contributed by atoms with van der Waals surface area (Å²) in [6.07, 6.45) is 0.169. The molecule has 0 aliphatic rings. The van der Waals surface area contributed by atoms with Gasteiger partial charge in [-0.2, -0.15) is 0 Å². The maximum Gasteiger partial charge on any atom is 0.306 e. The van der Waals surface area contributed by atoms with Crippen LogP contribution in [0, 0.1) is 0 Å². The van der Waals surface area contributed by atoms with Gasteiger partial charge in [-0.15, -0.1) is 0 Å². The van der Waals surface area contributed by atoms with Gasteiger partial charge in [-0.1, -0.05) is 37.3 Å². The molecule has 0 bridgehead atoms. The number of benzene rings is 2. The highest BCUT2D eigenvalue weighted by Crippen LogP contribution is 2.18. The highest BCUT2D eigenvalue weighted by Gasteiger charge is 2.14. The average Bonchev–Trinajstić information content (AvgIpc) is 2.78. The van der Waals surface area contributed by atoms with E-state index in [4.69, 9.17) is 4.74 Å². The van der Waals surface area contributed by atoms with Crippen LogP contribution in [0.1, 0.15) is 49.0 Å². The third-order valence-corrected chi connectivity index (χ3v) is 4.78. The van der Waals surface area contributed by atoms with Gasteiger partial charge < -0.3 is 9.64 Å². The van der Waals surface area contributed by atoms with E-state index in [2.05, 4.69) is 29.6 Å². The Morgan fingerprint density at radius 3 is 2.17 bits per heavy atom. The molecule has 0 spiro atoms. The Morgan fingerprint density at radius 1 is 0.933 bits per heavy atom. The molecule has 0 aliphatic carbocycles. The monoisotopic (exact) mass is 411 g/mol. The Labute approximate surface area is 177 Å². The van der Waals surface area contributed by atoms with Gasteiger partial charge in [0.05, 0.1) is 6.42 Å². The molecule has 0 heterocycles. The van der Waals surface area contributed by atoms with E-state index in [1.807, 2.05) is 49.4 Å². The average molecular weight is 412 g/mol. The molecule has 0 aliphatic heterocycles. The highest BCUT2D eigenvalue weighted by molar-refractivity contribution is 5.95. The largest absolute Gasteiger partial charge is 0.455 e. The van der Waals surface area contributed by atoms with Crippen molar-refractivity contribution in [2.75, 3.05) is 24.6 Å². The minimum absolute atomic E-state index is 0.0132. The molecule has 7 nitrogen and oxygen atoms in total. The molecule has 7 heteroatoms. The number of carbonyl (C=O) groups is 3. The van der Waals surface area contributed by atoms with Gasteiger partial charge in [-0.05, 0) is 49.6 Å². The summed E-state index contributed by atoms with van der Waals surface area (Å²) in [5, 5.41) is 0. The van der Waals surface area contributed by atoms with Gasteiger partial charge in [0.25, 0.3) is 11.8 Å². The molecule has 0 fully saturated rings. The lowest BCUT2D eigenvalue weighted by atomic mass is 9.98. The van der Waals surface area contributed by atoms with Crippen LogP contribution in [0.25, 0.3) is 0 Å². The van der Waals surface area contributed by atoms with E-state index in [9.17, 15) is 14.4 Å². The van der Waals surface area contributed by atoms with Crippen molar-refractivity contribution in [1.29, 1.82) is 0 Å². The molecule has 1 atom stereocenters. The summed E-state index contributed by atoms with van der Waals surface area (Å²) in [5.74, 6) is -1.54. The lowest BCUT2D eigenvalue weighted by Gasteiger charge is -2.21. The summed E-state index contributed by atoms with van der Waals surface area (Å²) in [7, 11) is 0. The van der Waals surface area contributed by atoms with Crippen LogP contribution < -0.4 is 15.8 Å². The number of hydrazine groups is 1. The second kappa shape index (κ2) is 11.6. The van der Waals surface area contributed by atoms with Gasteiger partial charge >= 0.3 is 5.97 Å². The lowest BCUT2D eigenvalue weighted by molar-refractivity contribution is -0.149. The number of anilines is 1. The minimum atomic E-state index is -0.608. The molecule has 0 radical (unpaired) electrons. The Bertz CT molecular complexity index is 833. The topological polar surface area (TPSA) is 87.7 Å². The number of nitrogens with zero attached hydrogens (tertiary/aromatic N) is 1. The maximum atomic E-state index is 12.2. The minimum Gasteiger partial charge on any atom is -0.455 e. The molecule has 2 aromatic carbocycles. The summed E-state index contributed by atoms with van der Waals surface area (Å²) in [4.78, 5) is 38.1. The van der Waals surface area contributed by atoms with Gasteiger partial charge in [-0.3, -0.25) is 25.2 Å². The Hall–Kier alpha value is -3.35. The Balaban J connectivity index is 1.73. The first-order chi connectivity index (χ1) is 14.4. The van der Waals surface area contributed by atoms with Crippen LogP contribution in [0.2, 0.25) is 0 Å². The number of esters is 1. The Morgan fingerprint density at radius 2 is 1.57 bits per heavy atom. The smallest absolute Gasteiger partial charge is 0.306 e. The predicted molar refractivity (Wildman–Crippen MR) is 116 cm³/mol. The first-order valence-corrected chi connectivity index (χ1v) is 10.1. The summed E-state index contributed by atoms with van der Waals surface area (Å²) >= 11 is 0. The molecule has 160 valence electrons. The van der Waals surface area contributed by atoms with Crippen molar-refractivity contribution in [1.82, 2.24) is 10.9 Å². The molecule has 0 saturated heterocycles. The van der Waals surface area contributed by atoms with E-state index in [1.54, 1.807) is 12.1 Å². The van der Waals surface area contributed by atoms with Crippen LogP contribution >= 0.6 is 0 Å². The van der Waals surface area contributed by atoms with Crippen LogP contribution in [0.3, 0.4) is 0 Å². The van der Waals surface area contributed by atoms with Crippen LogP contribution in [0.4, 0.5) is 5.69 Å². The third kappa shape index (κ3) is 6.92. The summed E-state index contributed by atoms with van der Waals surface area (Å²) < 4.78 is 4.99.